The maximum absolute atomic E-state index is 5.74. The first-order valence-electron chi connectivity index (χ1n) is 10.1. The number of hydrogen-bond acceptors (Lipinski definition) is 4. The monoisotopic (exact) mass is 385 g/mol. The molecule has 28 heavy (non-hydrogen) atoms. The molecule has 1 aromatic carbocycles. The molecule has 0 saturated carbocycles. The van der Waals surface area contributed by atoms with Gasteiger partial charge in [-0.3, -0.25) is 0 Å². The second-order valence-corrected chi connectivity index (χ2v) is 6.91. The van der Waals surface area contributed by atoms with Crippen LogP contribution in [0.15, 0.2) is 47.7 Å². The van der Waals surface area contributed by atoms with Crippen LogP contribution >= 0.6 is 0 Å². The van der Waals surface area contributed by atoms with Gasteiger partial charge in [-0.25, -0.2) is 9.67 Å². The van der Waals surface area contributed by atoms with Gasteiger partial charge in [0.1, 0.15) is 0 Å². The second-order valence-electron chi connectivity index (χ2n) is 6.91. The summed E-state index contributed by atoms with van der Waals surface area (Å²) in [6.45, 7) is 7.59. The van der Waals surface area contributed by atoms with Gasteiger partial charge in [0.05, 0.1) is 31.6 Å². The molecule has 1 aliphatic rings. The molecule has 0 bridgehead atoms. The average molecular weight is 386 g/mol. The molecule has 2 heterocycles. The highest BCUT2D eigenvalue weighted by Gasteiger charge is 2.15. The number of ether oxygens (including phenoxy) is 2. The van der Waals surface area contributed by atoms with Gasteiger partial charge in [0.2, 0.25) is 0 Å². The van der Waals surface area contributed by atoms with Crippen LogP contribution in [-0.2, 0) is 16.0 Å². The van der Waals surface area contributed by atoms with Crippen molar-refractivity contribution in [2.24, 2.45) is 10.9 Å². The van der Waals surface area contributed by atoms with Crippen molar-refractivity contribution in [2.75, 3.05) is 39.5 Å². The molecule has 7 nitrogen and oxygen atoms in total. The van der Waals surface area contributed by atoms with E-state index in [4.69, 9.17) is 9.47 Å². The summed E-state index contributed by atoms with van der Waals surface area (Å²) in [4.78, 5) is 4.66. The van der Waals surface area contributed by atoms with E-state index < -0.39 is 0 Å². The van der Waals surface area contributed by atoms with E-state index in [-0.39, 0.29) is 0 Å². The number of guanidine groups is 1. The summed E-state index contributed by atoms with van der Waals surface area (Å²) < 4.78 is 13.0. The van der Waals surface area contributed by atoms with Gasteiger partial charge in [-0.2, -0.15) is 5.10 Å². The Morgan fingerprint density at radius 1 is 1.32 bits per heavy atom. The zero-order valence-electron chi connectivity index (χ0n) is 16.6. The van der Waals surface area contributed by atoms with E-state index in [9.17, 15) is 0 Å². The molecular formula is C21H31N5O2. The van der Waals surface area contributed by atoms with Crippen molar-refractivity contribution in [3.05, 3.63) is 48.3 Å². The first kappa shape index (κ1) is 20.4. The van der Waals surface area contributed by atoms with Crippen LogP contribution in [-0.4, -0.2) is 55.3 Å². The summed E-state index contributed by atoms with van der Waals surface area (Å²) >= 11 is 0. The maximum Gasteiger partial charge on any atom is 0.191 e. The van der Waals surface area contributed by atoms with Gasteiger partial charge >= 0.3 is 0 Å². The van der Waals surface area contributed by atoms with Crippen LogP contribution in [0.1, 0.15) is 25.3 Å². The molecule has 1 saturated heterocycles. The third kappa shape index (κ3) is 6.65. The molecule has 1 atom stereocenters. The topological polar surface area (TPSA) is 72.7 Å². The number of aliphatic imine (C=N–C) groups is 1. The molecule has 0 amide bonds. The Kier molecular flexibility index (Phi) is 8.33. The predicted octanol–water partition coefficient (Wildman–Crippen LogP) is 2.37. The molecule has 1 fully saturated rings. The van der Waals surface area contributed by atoms with E-state index in [1.807, 2.05) is 47.4 Å². The first-order valence-corrected chi connectivity index (χ1v) is 10.1. The third-order valence-corrected chi connectivity index (χ3v) is 4.56. The smallest absolute Gasteiger partial charge is 0.191 e. The Bertz CT molecular complexity index is 711. The van der Waals surface area contributed by atoms with Crippen molar-refractivity contribution in [3.8, 4) is 5.69 Å². The molecule has 0 radical (unpaired) electrons. The van der Waals surface area contributed by atoms with Crippen molar-refractivity contribution >= 4 is 5.96 Å². The van der Waals surface area contributed by atoms with Crippen LogP contribution in [0.3, 0.4) is 0 Å². The van der Waals surface area contributed by atoms with Crippen molar-refractivity contribution in [1.29, 1.82) is 0 Å². The number of nitrogens with one attached hydrogen (secondary N) is 2. The molecular weight excluding hydrogens is 354 g/mol. The van der Waals surface area contributed by atoms with Crippen LogP contribution in [0, 0.1) is 5.92 Å². The van der Waals surface area contributed by atoms with Gasteiger partial charge in [-0.15, -0.1) is 0 Å². The van der Waals surface area contributed by atoms with Crippen molar-refractivity contribution in [1.82, 2.24) is 20.4 Å². The number of para-hydroxylation sites is 1. The lowest BCUT2D eigenvalue weighted by Gasteiger charge is -2.12. The molecule has 2 aromatic rings. The number of aromatic nitrogens is 2. The van der Waals surface area contributed by atoms with E-state index >= 15 is 0 Å². The zero-order chi connectivity index (χ0) is 19.4. The highest BCUT2D eigenvalue weighted by molar-refractivity contribution is 5.79. The summed E-state index contributed by atoms with van der Waals surface area (Å²) in [6.07, 6.45) is 5.95. The van der Waals surface area contributed by atoms with Crippen molar-refractivity contribution in [2.45, 2.75) is 26.3 Å². The Balaban J connectivity index is 1.39. The van der Waals surface area contributed by atoms with Crippen LogP contribution in [0.25, 0.3) is 5.69 Å². The van der Waals surface area contributed by atoms with E-state index in [0.29, 0.717) is 12.5 Å². The van der Waals surface area contributed by atoms with E-state index in [1.165, 1.54) is 0 Å². The highest BCUT2D eigenvalue weighted by Crippen LogP contribution is 2.12. The lowest BCUT2D eigenvalue weighted by atomic mass is 10.1. The average Bonchev–Trinajstić information content (AvgIpc) is 3.41. The first-order chi connectivity index (χ1) is 13.8. The Morgan fingerprint density at radius 3 is 3.00 bits per heavy atom. The lowest BCUT2D eigenvalue weighted by Crippen LogP contribution is -2.38. The maximum atomic E-state index is 5.74. The second kappa shape index (κ2) is 11.5. The molecule has 1 aromatic heterocycles. The van der Waals surface area contributed by atoms with Gasteiger partial charge in [0, 0.05) is 44.0 Å². The lowest BCUT2D eigenvalue weighted by molar-refractivity contribution is 0.0888. The molecule has 3 rings (SSSR count). The molecule has 2 N–H and O–H groups in total. The van der Waals surface area contributed by atoms with Crippen LogP contribution in [0.2, 0.25) is 0 Å². The summed E-state index contributed by atoms with van der Waals surface area (Å²) in [5.74, 6) is 1.39. The minimum Gasteiger partial charge on any atom is -0.381 e. The summed E-state index contributed by atoms with van der Waals surface area (Å²) in [6, 6.07) is 10.1. The number of benzene rings is 1. The van der Waals surface area contributed by atoms with Crippen LogP contribution < -0.4 is 10.6 Å². The van der Waals surface area contributed by atoms with Crippen LogP contribution in [0.5, 0.6) is 0 Å². The zero-order valence-corrected chi connectivity index (χ0v) is 16.6. The fourth-order valence-electron chi connectivity index (χ4n) is 3.02. The molecule has 1 unspecified atom stereocenters. The number of hydrogen-bond donors (Lipinski definition) is 2. The normalized spacial score (nSPS) is 17.0. The molecule has 1 aliphatic heterocycles. The van der Waals surface area contributed by atoms with Gasteiger partial charge in [-0.1, -0.05) is 18.2 Å². The van der Waals surface area contributed by atoms with Gasteiger partial charge < -0.3 is 20.1 Å². The highest BCUT2D eigenvalue weighted by atomic mass is 16.5. The van der Waals surface area contributed by atoms with Gasteiger partial charge in [0.25, 0.3) is 0 Å². The third-order valence-electron chi connectivity index (χ3n) is 4.56. The van der Waals surface area contributed by atoms with Crippen LogP contribution in [0.4, 0.5) is 0 Å². The largest absolute Gasteiger partial charge is 0.381 e. The number of nitrogens with zero attached hydrogens (tertiary/aromatic N) is 3. The molecule has 0 spiro atoms. The molecule has 152 valence electrons. The molecule has 7 heteroatoms. The summed E-state index contributed by atoms with van der Waals surface area (Å²) in [5, 5.41) is 11.1. The number of rotatable bonds is 10. The van der Waals surface area contributed by atoms with Gasteiger partial charge in [0.15, 0.2) is 5.96 Å². The van der Waals surface area contributed by atoms with E-state index in [2.05, 4.69) is 27.6 Å². The van der Waals surface area contributed by atoms with Gasteiger partial charge in [-0.05, 0) is 31.9 Å². The molecule has 0 aliphatic carbocycles. The fraction of sp³-hybridized carbons (Fsp3) is 0.524. The fourth-order valence-corrected chi connectivity index (χ4v) is 3.02. The standard InChI is InChI=1S/C21H31N5O2/c1-2-22-21(23-10-6-11-27-16-18-9-12-28-17-18)24-13-19-14-25-26(15-19)20-7-4-3-5-8-20/h3-5,7-8,14-15,18H,2,6,9-13,16-17H2,1H3,(H2,22,23,24). The summed E-state index contributed by atoms with van der Waals surface area (Å²) in [5.41, 5.74) is 2.12. The minimum atomic E-state index is 0.573. The van der Waals surface area contributed by atoms with E-state index in [1.54, 1.807) is 0 Å². The quantitative estimate of drug-likeness (QED) is 0.373. The van der Waals surface area contributed by atoms with Crippen molar-refractivity contribution < 1.29 is 9.47 Å². The van der Waals surface area contributed by atoms with Crippen molar-refractivity contribution in [3.63, 3.8) is 0 Å². The predicted molar refractivity (Wildman–Crippen MR) is 111 cm³/mol. The summed E-state index contributed by atoms with van der Waals surface area (Å²) in [7, 11) is 0. The van der Waals surface area contributed by atoms with E-state index in [0.717, 1.165) is 69.6 Å². The SMILES string of the molecule is CCNC(=NCc1cnn(-c2ccccc2)c1)NCCCOCC1CCOC1. The Labute approximate surface area is 167 Å². The minimum absolute atomic E-state index is 0.573. The Hall–Kier alpha value is -2.38. The Morgan fingerprint density at radius 2 is 2.21 bits per heavy atom.